The first kappa shape index (κ1) is 44.1. The number of Topliss-reactive ketones (excluding diaryl/α,β-unsaturated/α-hetero) is 1. The first-order chi connectivity index (χ1) is 29.4. The fourth-order valence-electron chi connectivity index (χ4n) is 6.94. The molecule has 320 valence electrons. The molecule has 0 fully saturated rings. The Kier molecular flexibility index (Phi) is 15.3. The third kappa shape index (κ3) is 12.3. The number of aromatic amines is 1. The van der Waals surface area contributed by atoms with Gasteiger partial charge in [0.1, 0.15) is 18.8 Å². The van der Waals surface area contributed by atoms with Gasteiger partial charge in [-0.3, -0.25) is 24.2 Å². The Morgan fingerprint density at radius 1 is 0.869 bits per heavy atom. The maximum Gasteiger partial charge on any atom is 0.243 e. The number of imidazole rings is 1. The van der Waals surface area contributed by atoms with Crippen molar-refractivity contribution in [1.29, 1.82) is 0 Å². The van der Waals surface area contributed by atoms with Gasteiger partial charge < -0.3 is 47.4 Å². The predicted molar refractivity (Wildman–Crippen MR) is 236 cm³/mol. The van der Waals surface area contributed by atoms with E-state index in [4.69, 9.17) is 21.9 Å². The van der Waals surface area contributed by atoms with E-state index < -0.39 is 41.9 Å². The summed E-state index contributed by atoms with van der Waals surface area (Å²) in [5, 5.41) is 9.81. The highest BCUT2D eigenvalue weighted by Gasteiger charge is 2.32. The van der Waals surface area contributed by atoms with Gasteiger partial charge in [-0.15, -0.1) is 11.3 Å². The zero-order valence-corrected chi connectivity index (χ0v) is 35.1. The van der Waals surface area contributed by atoms with Gasteiger partial charge in [0.25, 0.3) is 0 Å². The Hall–Kier alpha value is -6.43. The molecule has 0 spiro atoms. The molecule has 6 rings (SSSR count). The molecule has 4 atom stereocenters. The van der Waals surface area contributed by atoms with E-state index in [9.17, 15) is 19.2 Å². The van der Waals surface area contributed by atoms with Crippen molar-refractivity contribution in [3.8, 4) is 0 Å². The van der Waals surface area contributed by atoms with Crippen molar-refractivity contribution in [2.75, 3.05) is 6.54 Å². The van der Waals surface area contributed by atoms with Crippen LogP contribution in [0.4, 0.5) is 0 Å². The molecule has 0 saturated carbocycles. The normalized spacial score (nSPS) is 13.4. The fourth-order valence-corrected chi connectivity index (χ4v) is 7.90. The van der Waals surface area contributed by atoms with Gasteiger partial charge in [0.05, 0.1) is 35.2 Å². The first-order valence-electron chi connectivity index (χ1n) is 20.2. The van der Waals surface area contributed by atoms with Crippen LogP contribution in [-0.2, 0) is 45.3 Å². The molecule has 0 unspecified atom stereocenters. The molecular weight excluding hydrogens is 795 g/mol. The second-order valence-electron chi connectivity index (χ2n) is 15.3. The van der Waals surface area contributed by atoms with E-state index in [0.29, 0.717) is 24.2 Å². The van der Waals surface area contributed by atoms with Crippen LogP contribution in [0.3, 0.4) is 0 Å². The number of carbonyl (C=O) groups excluding carboxylic acids is 4. The molecule has 16 nitrogen and oxygen atoms in total. The topological polar surface area (TPSA) is 251 Å². The van der Waals surface area contributed by atoms with Crippen molar-refractivity contribution in [1.82, 2.24) is 35.5 Å². The number of fused-ring (bicyclic) bond motifs is 2. The fraction of sp³-hybridized carbons (Fsp3) is 0.341. The van der Waals surface area contributed by atoms with Crippen molar-refractivity contribution < 1.29 is 23.9 Å². The second-order valence-corrected chi connectivity index (χ2v) is 16.3. The van der Waals surface area contributed by atoms with Crippen LogP contribution in [0.25, 0.3) is 21.1 Å². The molecule has 6 aromatic rings. The largest absolute Gasteiger partial charge is 0.370 e. The number of thiazole rings is 1. The predicted octanol–water partition coefficient (Wildman–Crippen LogP) is 3.70. The summed E-state index contributed by atoms with van der Waals surface area (Å²) >= 11 is 1.24. The number of ketones is 1. The van der Waals surface area contributed by atoms with Crippen molar-refractivity contribution >= 4 is 61.9 Å². The smallest absolute Gasteiger partial charge is 0.243 e. The number of amides is 3. The van der Waals surface area contributed by atoms with E-state index in [2.05, 4.69) is 35.9 Å². The Labute approximate surface area is 357 Å². The van der Waals surface area contributed by atoms with Crippen LogP contribution in [0.2, 0.25) is 0 Å². The van der Waals surface area contributed by atoms with Gasteiger partial charge in [-0.2, -0.15) is 0 Å². The van der Waals surface area contributed by atoms with Crippen molar-refractivity contribution in [2.45, 2.75) is 83.5 Å². The van der Waals surface area contributed by atoms with Gasteiger partial charge in [-0.05, 0) is 54.5 Å². The van der Waals surface area contributed by atoms with E-state index >= 15 is 0 Å². The number of nitrogens with one attached hydrogen (secondary N) is 4. The number of H-pyrrole nitrogens is 1. The Bertz CT molecular complexity index is 2410. The van der Waals surface area contributed by atoms with Crippen molar-refractivity contribution in [3.05, 3.63) is 119 Å². The van der Waals surface area contributed by atoms with Gasteiger partial charge in [0.2, 0.25) is 23.5 Å². The number of para-hydroxylation sites is 2. The van der Waals surface area contributed by atoms with Crippen LogP contribution in [-0.4, -0.2) is 79.7 Å². The number of nitrogens with two attached hydrogens (primary N) is 3. The number of aromatic nitrogens is 4. The first-order valence-corrected chi connectivity index (χ1v) is 21.0. The number of carbonyl (C=O) groups is 4. The van der Waals surface area contributed by atoms with Gasteiger partial charge in [-0.25, -0.2) is 9.97 Å². The molecule has 3 heterocycles. The van der Waals surface area contributed by atoms with Crippen molar-refractivity contribution in [3.63, 3.8) is 0 Å². The molecule has 0 bridgehead atoms. The minimum atomic E-state index is -1.13. The number of rotatable bonds is 22. The number of benzene rings is 3. The maximum atomic E-state index is 14.4. The SMILES string of the molecule is CC(C)C[C@H](NC(=O)[C@H](Cc1c[nH]c2ccccc12)NC(=O)[C@@H](N)Cc1cncn1COCc1ccccc1)C(=O)N[C@@H](CCCN=C(N)N)C(=O)c1nc2ccccc2s1. The molecule has 0 saturated heterocycles. The molecule has 17 heteroatoms. The summed E-state index contributed by atoms with van der Waals surface area (Å²) in [6, 6.07) is 20.6. The van der Waals surface area contributed by atoms with Crippen molar-refractivity contribution in [2.24, 2.45) is 28.1 Å². The summed E-state index contributed by atoms with van der Waals surface area (Å²) in [6.45, 7) is 4.69. The third-order valence-corrected chi connectivity index (χ3v) is 11.1. The van der Waals surface area contributed by atoms with E-state index in [-0.39, 0.29) is 61.6 Å². The van der Waals surface area contributed by atoms with Crippen LogP contribution < -0.4 is 33.2 Å². The minimum Gasteiger partial charge on any atom is -0.370 e. The molecule has 3 aromatic carbocycles. The molecule has 3 amide bonds. The Balaban J connectivity index is 1.18. The number of hydrogen-bond donors (Lipinski definition) is 7. The lowest BCUT2D eigenvalue weighted by Gasteiger charge is -2.26. The number of aliphatic imine (C=N–C) groups is 1. The minimum absolute atomic E-state index is 0.0343. The molecule has 0 aliphatic heterocycles. The summed E-state index contributed by atoms with van der Waals surface area (Å²) in [4.78, 5) is 72.4. The highest BCUT2D eigenvalue weighted by atomic mass is 32.1. The number of hydrogen-bond acceptors (Lipinski definition) is 10. The second kappa shape index (κ2) is 21.2. The summed E-state index contributed by atoms with van der Waals surface area (Å²) in [5.41, 5.74) is 21.6. The molecule has 0 aliphatic carbocycles. The Morgan fingerprint density at radius 3 is 2.34 bits per heavy atom. The van der Waals surface area contributed by atoms with E-state index in [1.54, 1.807) is 23.3 Å². The standard InChI is InChI=1S/C44H53N11O5S/c1-27(2)19-36(41(58)51-35(16-10-18-49-44(46)47)39(56)43-54-34-15-8-9-17-38(34)61-43)53-42(59)37(20-29-22-50-33-14-7-6-13-31(29)33)52-40(57)32(45)21-30-23-48-25-55(30)26-60-24-28-11-4-3-5-12-28/h3-9,11-15,17,22-23,25,27,32,35-37,50H,10,16,18-21,24,26,45H2,1-2H3,(H,51,58)(H,52,57)(H,53,59)(H4,46,47,49)/t32-,35-,36-,37-/m0/s1. The highest BCUT2D eigenvalue weighted by Crippen LogP contribution is 2.24. The van der Waals surface area contributed by atoms with Gasteiger partial charge in [0.15, 0.2) is 11.0 Å². The molecular formula is C44H53N11O5S. The zero-order valence-electron chi connectivity index (χ0n) is 34.3. The van der Waals surface area contributed by atoms with E-state index in [1.807, 2.05) is 92.7 Å². The summed E-state index contributed by atoms with van der Waals surface area (Å²) < 4.78 is 8.49. The van der Waals surface area contributed by atoms with Crippen LogP contribution in [0.5, 0.6) is 0 Å². The van der Waals surface area contributed by atoms with Crippen LogP contribution >= 0.6 is 11.3 Å². The summed E-state index contributed by atoms with van der Waals surface area (Å²) in [7, 11) is 0. The molecule has 61 heavy (non-hydrogen) atoms. The summed E-state index contributed by atoms with van der Waals surface area (Å²) in [6.07, 6.45) is 6.10. The lowest BCUT2D eigenvalue weighted by atomic mass is 9.99. The number of guanidine groups is 1. The lowest BCUT2D eigenvalue weighted by Crippen LogP contribution is -2.58. The quantitative estimate of drug-likeness (QED) is 0.0226. The maximum absolute atomic E-state index is 14.4. The van der Waals surface area contributed by atoms with Gasteiger partial charge >= 0.3 is 0 Å². The average molecular weight is 848 g/mol. The molecule has 0 radical (unpaired) electrons. The van der Waals surface area contributed by atoms with Crippen LogP contribution in [0, 0.1) is 5.92 Å². The van der Waals surface area contributed by atoms with Gasteiger partial charge in [0, 0.05) is 48.4 Å². The molecule has 10 N–H and O–H groups in total. The molecule has 3 aromatic heterocycles. The van der Waals surface area contributed by atoms with Gasteiger partial charge in [-0.1, -0.05) is 74.5 Å². The highest BCUT2D eigenvalue weighted by molar-refractivity contribution is 7.20. The lowest BCUT2D eigenvalue weighted by molar-refractivity contribution is -0.132. The molecule has 0 aliphatic rings. The van der Waals surface area contributed by atoms with Crippen LogP contribution in [0.1, 0.15) is 59.7 Å². The average Bonchev–Trinajstić information content (AvgIpc) is 4.00. The van der Waals surface area contributed by atoms with E-state index in [0.717, 1.165) is 26.7 Å². The van der Waals surface area contributed by atoms with E-state index in [1.165, 1.54) is 11.3 Å². The zero-order chi connectivity index (χ0) is 43.3. The van der Waals surface area contributed by atoms with Crippen LogP contribution in [0.15, 0.2) is 103 Å². The number of nitrogens with zero attached hydrogens (tertiary/aromatic N) is 4. The Morgan fingerprint density at radius 2 is 1.57 bits per heavy atom. The number of ether oxygens (including phenoxy) is 1. The summed E-state index contributed by atoms with van der Waals surface area (Å²) in [5.74, 6) is -2.19. The monoisotopic (exact) mass is 847 g/mol. The third-order valence-electron chi connectivity index (χ3n) is 10.1.